The highest BCUT2D eigenvalue weighted by Gasteiger charge is 2.01. The Bertz CT molecular complexity index is 499. The molecule has 0 spiro atoms. The summed E-state index contributed by atoms with van der Waals surface area (Å²) in [5, 5.41) is 0. The maximum absolute atomic E-state index is 5.86. The van der Waals surface area contributed by atoms with E-state index in [9.17, 15) is 0 Å². The summed E-state index contributed by atoms with van der Waals surface area (Å²) in [6.07, 6.45) is 0. The average Bonchev–Trinajstić information content (AvgIpc) is 2.40. The molecule has 2 aromatic carbocycles. The fraction of sp³-hybridized carbons (Fsp3) is 0.200. The average molecular weight is 259 g/mol. The number of nitrogens with two attached hydrogens (primary N) is 1. The quantitative estimate of drug-likeness (QED) is 0.383. The number of ether oxygens (including phenoxy) is 1. The monoisotopic (exact) mass is 259 g/mol. The molecule has 2 nitrogen and oxygen atoms in total. The number of thioether (sulfide) groups is 1. The molecule has 0 saturated heterocycles. The lowest BCUT2D eigenvalue weighted by Crippen LogP contribution is -1.94. The second-order valence-corrected chi connectivity index (χ2v) is 5.03. The summed E-state index contributed by atoms with van der Waals surface area (Å²) < 4.78 is 5.64. The van der Waals surface area contributed by atoms with Gasteiger partial charge in [0.2, 0.25) is 0 Å². The smallest absolute Gasteiger partial charge is 0.0971 e. The van der Waals surface area contributed by atoms with Crippen LogP contribution < -0.4 is 5.73 Å². The summed E-state index contributed by atoms with van der Waals surface area (Å²) in [5.74, 6) is 0.638. The highest BCUT2D eigenvalue weighted by Crippen LogP contribution is 2.26. The van der Waals surface area contributed by atoms with Crippen LogP contribution in [0.4, 0.5) is 5.69 Å². The van der Waals surface area contributed by atoms with E-state index < -0.39 is 0 Å². The maximum atomic E-state index is 5.86. The van der Waals surface area contributed by atoms with E-state index >= 15 is 0 Å². The molecule has 0 aromatic heterocycles. The van der Waals surface area contributed by atoms with Crippen LogP contribution in [0.2, 0.25) is 0 Å². The van der Waals surface area contributed by atoms with Gasteiger partial charge in [-0.05, 0) is 30.2 Å². The van der Waals surface area contributed by atoms with Gasteiger partial charge in [-0.2, -0.15) is 0 Å². The Balaban J connectivity index is 1.81. The van der Waals surface area contributed by atoms with Gasteiger partial charge >= 0.3 is 0 Å². The molecule has 0 aliphatic rings. The van der Waals surface area contributed by atoms with E-state index in [0.717, 1.165) is 11.3 Å². The van der Waals surface area contributed by atoms with Crippen molar-refractivity contribution in [3.8, 4) is 0 Å². The molecular formula is C15H17NOS. The van der Waals surface area contributed by atoms with Gasteiger partial charge in [-0.25, -0.2) is 0 Å². The SMILES string of the molecule is Cc1c(N)cccc1SCOCc1ccccc1. The Kier molecular flexibility index (Phi) is 4.67. The zero-order chi connectivity index (χ0) is 12.8. The van der Waals surface area contributed by atoms with Crippen LogP contribution in [-0.2, 0) is 11.3 Å². The predicted molar refractivity (Wildman–Crippen MR) is 77.5 cm³/mol. The van der Waals surface area contributed by atoms with Crippen molar-refractivity contribution in [1.82, 2.24) is 0 Å². The van der Waals surface area contributed by atoms with Crippen molar-refractivity contribution in [1.29, 1.82) is 0 Å². The van der Waals surface area contributed by atoms with E-state index in [0.29, 0.717) is 12.5 Å². The highest BCUT2D eigenvalue weighted by atomic mass is 32.2. The molecule has 0 amide bonds. The molecule has 3 heteroatoms. The molecular weight excluding hydrogens is 242 g/mol. The molecule has 0 aliphatic carbocycles. The van der Waals surface area contributed by atoms with E-state index in [1.165, 1.54) is 10.5 Å². The minimum absolute atomic E-state index is 0.638. The fourth-order valence-electron chi connectivity index (χ4n) is 1.63. The van der Waals surface area contributed by atoms with E-state index in [1.54, 1.807) is 11.8 Å². The van der Waals surface area contributed by atoms with Crippen LogP contribution in [-0.4, -0.2) is 5.94 Å². The van der Waals surface area contributed by atoms with Crippen LogP contribution in [0, 0.1) is 6.92 Å². The highest BCUT2D eigenvalue weighted by molar-refractivity contribution is 7.99. The van der Waals surface area contributed by atoms with Gasteiger partial charge in [0.05, 0.1) is 12.5 Å². The van der Waals surface area contributed by atoms with Crippen LogP contribution in [0.1, 0.15) is 11.1 Å². The van der Waals surface area contributed by atoms with Gasteiger partial charge in [-0.3, -0.25) is 0 Å². The molecule has 0 unspecified atom stereocenters. The zero-order valence-electron chi connectivity index (χ0n) is 10.4. The van der Waals surface area contributed by atoms with E-state index in [2.05, 4.69) is 18.2 Å². The van der Waals surface area contributed by atoms with Crippen LogP contribution in [0.3, 0.4) is 0 Å². The Labute approximate surface area is 112 Å². The number of hydrogen-bond donors (Lipinski definition) is 1. The summed E-state index contributed by atoms with van der Waals surface area (Å²) in [4.78, 5) is 1.18. The first-order chi connectivity index (χ1) is 8.77. The van der Waals surface area contributed by atoms with Crippen molar-refractivity contribution >= 4 is 17.4 Å². The van der Waals surface area contributed by atoms with Gasteiger partial charge < -0.3 is 10.5 Å². The van der Waals surface area contributed by atoms with Gasteiger partial charge in [0, 0.05) is 10.6 Å². The number of anilines is 1. The third kappa shape index (κ3) is 3.52. The van der Waals surface area contributed by atoms with Gasteiger partial charge in [-0.15, -0.1) is 0 Å². The minimum atomic E-state index is 0.638. The Morgan fingerprint density at radius 2 is 1.83 bits per heavy atom. The fourth-order valence-corrected chi connectivity index (χ4v) is 2.43. The predicted octanol–water partition coefficient (Wildman–Crippen LogP) is 3.84. The van der Waals surface area contributed by atoms with E-state index in [1.807, 2.05) is 37.3 Å². The molecule has 94 valence electrons. The number of benzene rings is 2. The third-order valence-corrected chi connectivity index (χ3v) is 3.77. The molecule has 2 N–H and O–H groups in total. The summed E-state index contributed by atoms with van der Waals surface area (Å²) in [7, 11) is 0. The molecule has 0 radical (unpaired) electrons. The van der Waals surface area contributed by atoms with Crippen molar-refractivity contribution in [3.05, 3.63) is 59.7 Å². The number of hydrogen-bond acceptors (Lipinski definition) is 3. The lowest BCUT2D eigenvalue weighted by molar-refractivity contribution is 0.169. The zero-order valence-corrected chi connectivity index (χ0v) is 11.2. The van der Waals surface area contributed by atoms with Gasteiger partial charge in [0.1, 0.15) is 0 Å². The lowest BCUT2D eigenvalue weighted by atomic mass is 10.2. The second-order valence-electron chi connectivity index (χ2n) is 4.07. The van der Waals surface area contributed by atoms with Gasteiger partial charge in [0.25, 0.3) is 0 Å². The second kappa shape index (κ2) is 6.47. The van der Waals surface area contributed by atoms with Gasteiger partial charge in [0.15, 0.2) is 0 Å². The lowest BCUT2D eigenvalue weighted by Gasteiger charge is -2.08. The van der Waals surface area contributed by atoms with E-state index in [-0.39, 0.29) is 0 Å². The first kappa shape index (κ1) is 13.0. The third-order valence-electron chi connectivity index (χ3n) is 2.74. The van der Waals surface area contributed by atoms with Crippen molar-refractivity contribution in [2.75, 3.05) is 11.7 Å². The molecule has 0 bridgehead atoms. The summed E-state index contributed by atoms with van der Waals surface area (Å²) in [6, 6.07) is 16.2. The standard InChI is InChI=1S/C15H17NOS/c1-12-14(16)8-5-9-15(12)18-11-17-10-13-6-3-2-4-7-13/h2-9H,10-11,16H2,1H3. The molecule has 0 aliphatic heterocycles. The topological polar surface area (TPSA) is 35.2 Å². The minimum Gasteiger partial charge on any atom is -0.398 e. The summed E-state index contributed by atoms with van der Waals surface area (Å²) >= 11 is 1.68. The molecule has 2 rings (SSSR count). The van der Waals surface area contributed by atoms with E-state index in [4.69, 9.17) is 10.5 Å². The Hall–Kier alpha value is -1.45. The first-order valence-corrected chi connectivity index (χ1v) is 6.85. The Morgan fingerprint density at radius 3 is 2.61 bits per heavy atom. The van der Waals surface area contributed by atoms with Crippen molar-refractivity contribution in [2.24, 2.45) is 0 Å². The molecule has 18 heavy (non-hydrogen) atoms. The molecule has 0 heterocycles. The van der Waals surface area contributed by atoms with Crippen LogP contribution in [0.25, 0.3) is 0 Å². The first-order valence-electron chi connectivity index (χ1n) is 5.87. The molecule has 2 aromatic rings. The van der Waals surface area contributed by atoms with Crippen molar-refractivity contribution in [2.45, 2.75) is 18.4 Å². The van der Waals surface area contributed by atoms with Crippen molar-refractivity contribution < 1.29 is 4.74 Å². The summed E-state index contributed by atoms with van der Waals surface area (Å²) in [6.45, 7) is 2.68. The maximum Gasteiger partial charge on any atom is 0.0971 e. The van der Waals surface area contributed by atoms with Crippen molar-refractivity contribution in [3.63, 3.8) is 0 Å². The molecule has 0 fully saturated rings. The number of rotatable bonds is 5. The Morgan fingerprint density at radius 1 is 1.06 bits per heavy atom. The van der Waals surface area contributed by atoms with Gasteiger partial charge in [-0.1, -0.05) is 48.2 Å². The van der Waals surface area contributed by atoms with Crippen LogP contribution in [0.5, 0.6) is 0 Å². The number of nitrogen functional groups attached to an aromatic ring is 1. The van der Waals surface area contributed by atoms with Crippen LogP contribution in [0.15, 0.2) is 53.4 Å². The largest absolute Gasteiger partial charge is 0.398 e. The summed E-state index contributed by atoms with van der Waals surface area (Å²) in [5.41, 5.74) is 9.02. The normalized spacial score (nSPS) is 10.5. The molecule has 0 atom stereocenters. The molecule has 0 saturated carbocycles. The van der Waals surface area contributed by atoms with Crippen LogP contribution >= 0.6 is 11.8 Å².